The largest absolute Gasteiger partial charge is 0.496 e. The minimum atomic E-state index is -0.357. The van der Waals surface area contributed by atoms with E-state index in [2.05, 4.69) is 21.4 Å². The molecule has 6 nitrogen and oxygen atoms in total. The predicted octanol–water partition coefficient (Wildman–Crippen LogP) is 4.35. The minimum Gasteiger partial charge on any atom is -0.496 e. The molecule has 3 aromatic rings. The SMILES string of the molecule is CNc1nc(C2=CCCN=C2)nc2c(OC)cc(-c3ccc(F)cc3OC)cc12. The molecule has 0 fully saturated rings. The molecule has 0 bridgehead atoms. The summed E-state index contributed by atoms with van der Waals surface area (Å²) >= 11 is 0. The van der Waals surface area contributed by atoms with Crippen molar-refractivity contribution < 1.29 is 13.9 Å². The van der Waals surface area contributed by atoms with Crippen LogP contribution in [0.25, 0.3) is 27.6 Å². The van der Waals surface area contributed by atoms with E-state index in [0.29, 0.717) is 28.7 Å². The highest BCUT2D eigenvalue weighted by atomic mass is 19.1. The lowest BCUT2D eigenvalue weighted by atomic mass is 10.0. The van der Waals surface area contributed by atoms with E-state index in [-0.39, 0.29) is 5.82 Å². The molecule has 0 saturated heterocycles. The van der Waals surface area contributed by atoms with Crippen molar-refractivity contribution >= 4 is 28.5 Å². The molecule has 29 heavy (non-hydrogen) atoms. The highest BCUT2D eigenvalue weighted by Crippen LogP contribution is 2.38. The molecule has 0 radical (unpaired) electrons. The molecule has 1 aliphatic heterocycles. The molecular formula is C22H21FN4O2. The first-order valence-electron chi connectivity index (χ1n) is 9.26. The van der Waals surface area contributed by atoms with Gasteiger partial charge >= 0.3 is 0 Å². The molecular weight excluding hydrogens is 371 g/mol. The Hall–Kier alpha value is -3.48. The molecule has 0 spiro atoms. The highest BCUT2D eigenvalue weighted by molar-refractivity contribution is 6.10. The highest BCUT2D eigenvalue weighted by Gasteiger charge is 2.17. The Morgan fingerprint density at radius 3 is 2.55 bits per heavy atom. The van der Waals surface area contributed by atoms with Crippen LogP contribution in [0.4, 0.5) is 10.2 Å². The molecule has 0 aliphatic carbocycles. The van der Waals surface area contributed by atoms with Crippen LogP contribution in [0.5, 0.6) is 11.5 Å². The predicted molar refractivity (Wildman–Crippen MR) is 114 cm³/mol. The molecule has 1 N–H and O–H groups in total. The quantitative estimate of drug-likeness (QED) is 0.699. The number of benzene rings is 2. The number of nitrogens with zero attached hydrogens (tertiary/aromatic N) is 3. The van der Waals surface area contributed by atoms with Crippen LogP contribution in [0.3, 0.4) is 0 Å². The molecule has 0 saturated carbocycles. The number of anilines is 1. The fourth-order valence-corrected chi connectivity index (χ4v) is 3.39. The van der Waals surface area contributed by atoms with E-state index >= 15 is 0 Å². The normalized spacial score (nSPS) is 13.3. The van der Waals surface area contributed by atoms with E-state index < -0.39 is 0 Å². The third kappa shape index (κ3) is 3.51. The fraction of sp³-hybridized carbons (Fsp3) is 0.227. The van der Waals surface area contributed by atoms with Crippen LogP contribution in [0.1, 0.15) is 12.2 Å². The summed E-state index contributed by atoms with van der Waals surface area (Å²) in [5.74, 6) is 1.95. The van der Waals surface area contributed by atoms with Crippen molar-refractivity contribution in [2.24, 2.45) is 4.99 Å². The lowest BCUT2D eigenvalue weighted by Gasteiger charge is -2.15. The van der Waals surface area contributed by atoms with Crippen LogP contribution >= 0.6 is 0 Å². The van der Waals surface area contributed by atoms with Gasteiger partial charge in [-0.2, -0.15) is 0 Å². The Labute approximate surface area is 168 Å². The summed E-state index contributed by atoms with van der Waals surface area (Å²) in [6.07, 6.45) is 4.74. The topological polar surface area (TPSA) is 68.6 Å². The van der Waals surface area contributed by atoms with E-state index in [1.54, 1.807) is 19.4 Å². The van der Waals surface area contributed by atoms with Crippen molar-refractivity contribution in [1.29, 1.82) is 0 Å². The first-order valence-corrected chi connectivity index (χ1v) is 9.26. The summed E-state index contributed by atoms with van der Waals surface area (Å²) < 4.78 is 24.7. The van der Waals surface area contributed by atoms with Crippen LogP contribution in [0.2, 0.25) is 0 Å². The monoisotopic (exact) mass is 392 g/mol. The number of halogens is 1. The molecule has 1 aliphatic rings. The smallest absolute Gasteiger partial charge is 0.163 e. The van der Waals surface area contributed by atoms with Gasteiger partial charge in [-0.15, -0.1) is 0 Å². The van der Waals surface area contributed by atoms with Crippen molar-refractivity contribution in [3.05, 3.63) is 48.0 Å². The Balaban J connectivity index is 1.95. The number of ether oxygens (including phenoxy) is 2. The maximum Gasteiger partial charge on any atom is 0.163 e. The maximum absolute atomic E-state index is 13.6. The van der Waals surface area contributed by atoms with Crippen molar-refractivity contribution in [3.63, 3.8) is 0 Å². The zero-order chi connectivity index (χ0) is 20.4. The van der Waals surface area contributed by atoms with E-state index in [4.69, 9.17) is 14.5 Å². The second-order valence-electron chi connectivity index (χ2n) is 6.55. The fourth-order valence-electron chi connectivity index (χ4n) is 3.39. The third-order valence-electron chi connectivity index (χ3n) is 4.81. The zero-order valence-electron chi connectivity index (χ0n) is 16.5. The average molecular weight is 392 g/mol. The van der Waals surface area contributed by atoms with Gasteiger partial charge in [-0.25, -0.2) is 14.4 Å². The molecule has 0 atom stereocenters. The van der Waals surface area contributed by atoms with Gasteiger partial charge in [-0.3, -0.25) is 4.99 Å². The van der Waals surface area contributed by atoms with Gasteiger partial charge in [0.05, 0.1) is 14.2 Å². The molecule has 1 aromatic heterocycles. The van der Waals surface area contributed by atoms with E-state index in [9.17, 15) is 4.39 Å². The van der Waals surface area contributed by atoms with Gasteiger partial charge in [0.2, 0.25) is 0 Å². The standard InChI is InChI=1S/C22H21FN4O2/c1-24-22-17-9-14(16-7-6-15(23)11-18(16)28-2)10-19(29-3)20(17)26-21(27-22)13-5-4-8-25-12-13/h5-7,9-12H,4,8H2,1-3H3,(H,24,26,27). The van der Waals surface area contributed by atoms with Crippen LogP contribution in [-0.2, 0) is 0 Å². The molecule has 0 unspecified atom stereocenters. The van der Waals surface area contributed by atoms with Gasteiger partial charge in [-0.05, 0) is 36.2 Å². The molecule has 7 heteroatoms. The van der Waals surface area contributed by atoms with Gasteiger partial charge in [0.15, 0.2) is 5.82 Å². The Morgan fingerprint density at radius 1 is 1.03 bits per heavy atom. The van der Waals surface area contributed by atoms with Gasteiger partial charge in [0.25, 0.3) is 0 Å². The number of aromatic nitrogens is 2. The number of rotatable bonds is 5. The van der Waals surface area contributed by atoms with E-state index in [1.165, 1.54) is 19.2 Å². The summed E-state index contributed by atoms with van der Waals surface area (Å²) in [6.45, 7) is 0.780. The summed E-state index contributed by atoms with van der Waals surface area (Å²) in [7, 11) is 4.93. The second kappa shape index (κ2) is 7.87. The summed E-state index contributed by atoms with van der Waals surface area (Å²) in [5, 5.41) is 3.94. The molecule has 0 amide bonds. The first-order chi connectivity index (χ1) is 14.1. The number of hydrogen-bond donors (Lipinski definition) is 1. The Morgan fingerprint density at radius 2 is 1.86 bits per heavy atom. The Kier molecular flexibility index (Phi) is 5.12. The summed E-state index contributed by atoms with van der Waals surface area (Å²) in [4.78, 5) is 13.7. The Bertz CT molecular complexity index is 1140. The minimum absolute atomic E-state index is 0.357. The summed E-state index contributed by atoms with van der Waals surface area (Å²) in [6, 6.07) is 8.28. The third-order valence-corrected chi connectivity index (χ3v) is 4.81. The van der Waals surface area contributed by atoms with Crippen molar-refractivity contribution in [2.75, 3.05) is 33.1 Å². The number of aliphatic imine (C=N–C) groups is 1. The molecule has 2 heterocycles. The number of allylic oxidation sites excluding steroid dienone is 1. The van der Waals surface area contributed by atoms with Crippen LogP contribution in [0, 0.1) is 5.82 Å². The number of dihydropyridines is 1. The van der Waals surface area contributed by atoms with Crippen molar-refractivity contribution in [1.82, 2.24) is 9.97 Å². The van der Waals surface area contributed by atoms with Crippen LogP contribution in [-0.4, -0.2) is 44.0 Å². The van der Waals surface area contributed by atoms with Gasteiger partial charge in [-0.1, -0.05) is 6.08 Å². The van der Waals surface area contributed by atoms with Crippen LogP contribution in [0.15, 0.2) is 41.4 Å². The average Bonchev–Trinajstić information content (AvgIpc) is 2.78. The number of fused-ring (bicyclic) bond motifs is 1. The summed E-state index contributed by atoms with van der Waals surface area (Å²) in [5.41, 5.74) is 3.15. The zero-order valence-corrected chi connectivity index (χ0v) is 16.5. The molecule has 148 valence electrons. The molecule has 2 aromatic carbocycles. The van der Waals surface area contributed by atoms with Crippen molar-refractivity contribution in [2.45, 2.75) is 6.42 Å². The number of hydrogen-bond acceptors (Lipinski definition) is 6. The van der Waals surface area contributed by atoms with Gasteiger partial charge in [0.1, 0.15) is 28.7 Å². The lowest BCUT2D eigenvalue weighted by Crippen LogP contribution is -2.05. The maximum atomic E-state index is 13.6. The molecule has 4 rings (SSSR count). The van der Waals surface area contributed by atoms with E-state index in [1.807, 2.05) is 19.2 Å². The first kappa shape index (κ1) is 18.9. The van der Waals surface area contributed by atoms with Crippen molar-refractivity contribution in [3.8, 4) is 22.6 Å². The van der Waals surface area contributed by atoms with Crippen LogP contribution < -0.4 is 14.8 Å². The van der Waals surface area contributed by atoms with Gasteiger partial charge < -0.3 is 14.8 Å². The van der Waals surface area contributed by atoms with Gasteiger partial charge in [0, 0.05) is 42.4 Å². The lowest BCUT2D eigenvalue weighted by molar-refractivity contribution is 0.412. The second-order valence-corrected chi connectivity index (χ2v) is 6.55. The van der Waals surface area contributed by atoms with E-state index in [0.717, 1.165) is 35.1 Å². The number of methoxy groups -OCH3 is 2. The number of nitrogens with one attached hydrogen (secondary N) is 1.